The first kappa shape index (κ1) is 20.1. The van der Waals surface area contributed by atoms with E-state index in [2.05, 4.69) is 38.8 Å². The fourth-order valence-electron chi connectivity index (χ4n) is 3.96. The van der Waals surface area contributed by atoms with Gasteiger partial charge in [0.2, 0.25) is 5.95 Å². The molecule has 1 amide bonds. The van der Waals surface area contributed by atoms with Crippen molar-refractivity contribution in [1.29, 1.82) is 0 Å². The third-order valence-corrected chi connectivity index (χ3v) is 5.75. The van der Waals surface area contributed by atoms with Crippen LogP contribution in [0.15, 0.2) is 84.7 Å². The molecule has 2 atom stereocenters. The van der Waals surface area contributed by atoms with Crippen LogP contribution in [0.4, 0.5) is 16.0 Å². The number of nitrogens with one attached hydrogen (secondary N) is 2. The van der Waals surface area contributed by atoms with Crippen LogP contribution < -0.4 is 10.6 Å². The van der Waals surface area contributed by atoms with E-state index in [1.54, 1.807) is 30.6 Å². The van der Waals surface area contributed by atoms with Crippen LogP contribution in [0.25, 0.3) is 11.1 Å². The summed E-state index contributed by atoms with van der Waals surface area (Å²) in [6.45, 7) is 0. The van der Waals surface area contributed by atoms with E-state index >= 15 is 0 Å². The van der Waals surface area contributed by atoms with E-state index < -0.39 is 0 Å². The minimum Gasteiger partial charge on any atom is -0.349 e. The highest BCUT2D eigenvalue weighted by Crippen LogP contribution is 2.39. The zero-order valence-electron chi connectivity index (χ0n) is 17.5. The Labute approximate surface area is 186 Å². The molecule has 1 fully saturated rings. The average molecular weight is 426 g/mol. The van der Waals surface area contributed by atoms with Crippen molar-refractivity contribution in [3.05, 3.63) is 96.1 Å². The molecule has 5 rings (SSSR count). The lowest BCUT2D eigenvalue weighted by molar-refractivity contribution is 0.0950. The van der Waals surface area contributed by atoms with Gasteiger partial charge in [-0.25, -0.2) is 14.4 Å². The molecule has 160 valence electrons. The van der Waals surface area contributed by atoms with Crippen LogP contribution >= 0.6 is 0 Å². The molecule has 2 aromatic carbocycles. The van der Waals surface area contributed by atoms with Gasteiger partial charge in [0.25, 0.3) is 5.91 Å². The lowest BCUT2D eigenvalue weighted by Crippen LogP contribution is -2.27. The number of allylic oxidation sites excluding steroid dienone is 3. The van der Waals surface area contributed by atoms with Gasteiger partial charge >= 0.3 is 0 Å². The van der Waals surface area contributed by atoms with Gasteiger partial charge in [-0.1, -0.05) is 36.4 Å². The second kappa shape index (κ2) is 8.75. The molecule has 1 aromatic heterocycles. The maximum atomic E-state index is 13.4. The zero-order valence-corrected chi connectivity index (χ0v) is 17.5. The summed E-state index contributed by atoms with van der Waals surface area (Å²) in [5.41, 5.74) is 4.10. The van der Waals surface area contributed by atoms with Gasteiger partial charge in [0.05, 0.1) is 0 Å². The number of rotatable bonds is 6. The van der Waals surface area contributed by atoms with Gasteiger partial charge in [-0.3, -0.25) is 4.79 Å². The number of carbonyl (C=O) groups is 1. The summed E-state index contributed by atoms with van der Waals surface area (Å²) >= 11 is 0. The number of hydrogen-bond acceptors (Lipinski definition) is 4. The summed E-state index contributed by atoms with van der Waals surface area (Å²) in [5.74, 6) is 0.455. The normalized spacial score (nSPS) is 19.2. The van der Waals surface area contributed by atoms with E-state index in [9.17, 15) is 9.18 Å². The molecular weight excluding hydrogens is 403 g/mol. The Morgan fingerprint density at radius 3 is 2.62 bits per heavy atom. The number of aromatic nitrogens is 2. The van der Waals surface area contributed by atoms with Gasteiger partial charge in [-0.2, -0.15) is 0 Å². The van der Waals surface area contributed by atoms with Crippen molar-refractivity contribution in [2.24, 2.45) is 5.92 Å². The molecule has 2 N–H and O–H groups in total. The topological polar surface area (TPSA) is 66.9 Å². The van der Waals surface area contributed by atoms with Crippen LogP contribution in [0.5, 0.6) is 0 Å². The standard InChI is InChI=1S/C26H23FN4O/c27-21-10-4-8-18(12-21)20-15-28-26(29-16-20)30-22-11-5-9-19(13-22)25(32)31-24-14-23(24)17-6-2-1-3-7-17/h2,4-13,15-16,23-24H,1,3,14H2,(H,31,32)(H,28,29,30)/t23-,24+/m0/s1. The van der Waals surface area contributed by atoms with Gasteiger partial charge < -0.3 is 10.6 Å². The molecule has 2 aliphatic carbocycles. The average Bonchev–Trinajstić information content (AvgIpc) is 3.59. The molecule has 0 radical (unpaired) electrons. The Morgan fingerprint density at radius 2 is 1.84 bits per heavy atom. The van der Waals surface area contributed by atoms with Crippen molar-refractivity contribution in [3.63, 3.8) is 0 Å². The number of halogens is 1. The zero-order chi connectivity index (χ0) is 21.9. The molecule has 5 nitrogen and oxygen atoms in total. The summed E-state index contributed by atoms with van der Waals surface area (Å²) in [6, 6.07) is 13.8. The molecular formula is C26H23FN4O. The largest absolute Gasteiger partial charge is 0.349 e. The number of benzene rings is 2. The highest BCUT2D eigenvalue weighted by molar-refractivity contribution is 5.95. The van der Waals surface area contributed by atoms with Gasteiger partial charge in [-0.05, 0) is 60.7 Å². The van der Waals surface area contributed by atoms with Crippen molar-refractivity contribution in [3.8, 4) is 11.1 Å². The van der Waals surface area contributed by atoms with Crippen LogP contribution in [0, 0.1) is 11.7 Å². The van der Waals surface area contributed by atoms with Crippen LogP contribution in [0.2, 0.25) is 0 Å². The van der Waals surface area contributed by atoms with Crippen LogP contribution in [-0.2, 0) is 0 Å². The molecule has 3 aromatic rings. The van der Waals surface area contributed by atoms with Gasteiger partial charge in [0, 0.05) is 41.2 Å². The third-order valence-electron chi connectivity index (χ3n) is 5.75. The van der Waals surface area contributed by atoms with Gasteiger partial charge in [-0.15, -0.1) is 0 Å². The second-order valence-electron chi connectivity index (χ2n) is 8.12. The summed E-state index contributed by atoms with van der Waals surface area (Å²) in [5, 5.41) is 6.26. The van der Waals surface area contributed by atoms with E-state index in [-0.39, 0.29) is 17.8 Å². The molecule has 0 saturated heterocycles. The highest BCUT2D eigenvalue weighted by Gasteiger charge is 2.40. The maximum Gasteiger partial charge on any atom is 0.251 e. The van der Waals surface area contributed by atoms with Gasteiger partial charge in [0.1, 0.15) is 5.82 Å². The quantitative estimate of drug-likeness (QED) is 0.552. The number of anilines is 2. The SMILES string of the molecule is O=C(N[C@@H]1C[C@H]1C1=CCCC=C1)c1cccc(Nc2ncc(-c3cccc(F)c3)cn2)c1. The number of carbonyl (C=O) groups excluding carboxylic acids is 1. The first-order valence-electron chi connectivity index (χ1n) is 10.8. The molecule has 0 bridgehead atoms. The molecule has 0 aliphatic heterocycles. The van der Waals surface area contributed by atoms with Crippen molar-refractivity contribution in [2.75, 3.05) is 5.32 Å². The van der Waals surface area contributed by atoms with Crippen molar-refractivity contribution < 1.29 is 9.18 Å². The Bertz CT molecular complexity index is 1200. The summed E-state index contributed by atoms with van der Waals surface area (Å²) in [6.07, 6.45) is 13.1. The van der Waals surface area contributed by atoms with Crippen molar-refractivity contribution in [1.82, 2.24) is 15.3 Å². The van der Waals surface area contributed by atoms with E-state index in [1.165, 1.54) is 17.7 Å². The predicted molar refractivity (Wildman–Crippen MR) is 123 cm³/mol. The molecule has 1 heterocycles. The van der Waals surface area contributed by atoms with Crippen LogP contribution in [-0.4, -0.2) is 21.9 Å². The third kappa shape index (κ3) is 4.59. The van der Waals surface area contributed by atoms with E-state index in [1.807, 2.05) is 18.2 Å². The number of nitrogens with zero attached hydrogens (tertiary/aromatic N) is 2. The van der Waals surface area contributed by atoms with Gasteiger partial charge in [0.15, 0.2) is 0 Å². The Morgan fingerprint density at radius 1 is 1.00 bits per heavy atom. The van der Waals surface area contributed by atoms with Crippen LogP contribution in [0.3, 0.4) is 0 Å². The van der Waals surface area contributed by atoms with Crippen LogP contribution in [0.1, 0.15) is 29.6 Å². The molecule has 0 unspecified atom stereocenters. The highest BCUT2D eigenvalue weighted by atomic mass is 19.1. The Kier molecular flexibility index (Phi) is 5.50. The molecule has 32 heavy (non-hydrogen) atoms. The summed E-state index contributed by atoms with van der Waals surface area (Å²) in [7, 11) is 0. The minimum atomic E-state index is -0.302. The monoisotopic (exact) mass is 426 g/mol. The first-order valence-corrected chi connectivity index (χ1v) is 10.8. The lowest BCUT2D eigenvalue weighted by atomic mass is 10.0. The fraction of sp³-hybridized carbons (Fsp3) is 0.192. The number of hydrogen-bond donors (Lipinski definition) is 2. The fourth-order valence-corrected chi connectivity index (χ4v) is 3.96. The predicted octanol–water partition coefficient (Wildman–Crippen LogP) is 5.42. The Hall–Kier alpha value is -3.80. The van der Waals surface area contributed by atoms with E-state index in [4.69, 9.17) is 0 Å². The Balaban J connectivity index is 1.22. The number of amides is 1. The molecule has 1 saturated carbocycles. The minimum absolute atomic E-state index is 0.0797. The second-order valence-corrected chi connectivity index (χ2v) is 8.12. The first-order chi connectivity index (χ1) is 15.7. The van der Waals surface area contributed by atoms with Crippen molar-refractivity contribution >= 4 is 17.5 Å². The van der Waals surface area contributed by atoms with E-state index in [0.717, 1.165) is 30.5 Å². The van der Waals surface area contributed by atoms with E-state index in [0.29, 0.717) is 23.0 Å². The summed E-state index contributed by atoms with van der Waals surface area (Å²) in [4.78, 5) is 21.4. The summed E-state index contributed by atoms with van der Waals surface area (Å²) < 4.78 is 13.4. The van der Waals surface area contributed by atoms with Crippen molar-refractivity contribution in [2.45, 2.75) is 25.3 Å². The molecule has 2 aliphatic rings. The molecule has 6 heteroatoms. The lowest BCUT2D eigenvalue weighted by Gasteiger charge is -2.10. The smallest absolute Gasteiger partial charge is 0.251 e. The maximum absolute atomic E-state index is 13.4. The molecule has 0 spiro atoms.